The van der Waals surface area contributed by atoms with E-state index in [1.807, 2.05) is 19.9 Å². The molecule has 0 unspecified atom stereocenters. The van der Waals surface area contributed by atoms with Crippen molar-refractivity contribution in [3.8, 4) is 23.7 Å². The van der Waals surface area contributed by atoms with Crippen molar-refractivity contribution >= 4 is 11.9 Å². The van der Waals surface area contributed by atoms with Gasteiger partial charge in [0.05, 0.1) is 18.7 Å². The molecular weight excluding hydrogens is 330 g/mol. The van der Waals surface area contributed by atoms with Crippen LogP contribution in [0.3, 0.4) is 0 Å². The Bertz CT molecular complexity index is 617. The molecule has 0 saturated carbocycles. The lowest BCUT2D eigenvalue weighted by Gasteiger charge is -2.20. The summed E-state index contributed by atoms with van der Waals surface area (Å²) < 4.78 is 0. The Kier molecular flexibility index (Phi) is 10.2. The van der Waals surface area contributed by atoms with Crippen LogP contribution in [0.2, 0.25) is 0 Å². The van der Waals surface area contributed by atoms with Crippen LogP contribution in [-0.2, 0) is 9.59 Å². The van der Waals surface area contributed by atoms with Crippen LogP contribution >= 0.6 is 0 Å². The van der Waals surface area contributed by atoms with Crippen LogP contribution in [0, 0.1) is 29.6 Å². The van der Waals surface area contributed by atoms with Gasteiger partial charge in [-0.15, -0.1) is 17.8 Å². The molecule has 0 radical (unpaired) electrons. The minimum absolute atomic E-state index is 0.0422. The average molecular weight is 359 g/mol. The first-order valence-corrected chi connectivity index (χ1v) is 9.24. The highest BCUT2D eigenvalue weighted by atomic mass is 16.4. The fraction of sp³-hybridized carbons (Fsp3) is 0.619. The zero-order valence-electron chi connectivity index (χ0n) is 15.7. The van der Waals surface area contributed by atoms with Gasteiger partial charge >= 0.3 is 5.97 Å². The highest BCUT2D eigenvalue weighted by Crippen LogP contribution is 2.20. The Morgan fingerprint density at radius 2 is 2.12 bits per heavy atom. The van der Waals surface area contributed by atoms with Gasteiger partial charge in [-0.25, -0.2) is 0 Å². The van der Waals surface area contributed by atoms with E-state index in [-0.39, 0.29) is 24.3 Å². The fourth-order valence-electron chi connectivity index (χ4n) is 2.63. The molecule has 3 atom stereocenters. The minimum atomic E-state index is -0.819. The molecule has 1 aliphatic heterocycles. The van der Waals surface area contributed by atoms with Crippen LogP contribution in [0.1, 0.15) is 58.8 Å². The van der Waals surface area contributed by atoms with E-state index in [1.165, 1.54) is 0 Å². The molecule has 5 heteroatoms. The average Bonchev–Trinajstić information content (AvgIpc) is 2.95. The number of aliphatic hydroxyl groups excluding tert-OH is 1. The summed E-state index contributed by atoms with van der Waals surface area (Å²) in [6.07, 6.45) is 6.90. The molecule has 2 N–H and O–H groups in total. The maximum absolute atomic E-state index is 12.0. The highest BCUT2D eigenvalue weighted by molar-refractivity contribution is 5.79. The number of amides is 1. The number of carbonyl (C=O) groups excluding carboxylic acids is 1. The summed E-state index contributed by atoms with van der Waals surface area (Å²) in [5.74, 6) is 11.2. The van der Waals surface area contributed by atoms with Gasteiger partial charge in [-0.1, -0.05) is 31.9 Å². The number of hydrogen-bond acceptors (Lipinski definition) is 3. The molecule has 1 saturated heterocycles. The maximum atomic E-state index is 12.0. The van der Waals surface area contributed by atoms with Crippen LogP contribution in [0.15, 0.2) is 12.2 Å². The SMILES string of the molecule is CCC#CC[C@H](C)[C@H](O)/C=C/[C@H]1CCC(=O)N1CC#CCCCC(=O)O. The molecule has 1 heterocycles. The summed E-state index contributed by atoms with van der Waals surface area (Å²) in [4.78, 5) is 24.2. The van der Waals surface area contributed by atoms with E-state index >= 15 is 0 Å². The standard InChI is InChI=1S/C21H29NO4/c1-3-4-7-10-17(2)19(23)14-12-18-13-15-20(24)22(18)16-9-6-5-8-11-21(25)26/h12,14,17-19,23H,3,5,8,10-11,13,15-16H2,1-2H3,(H,25,26)/b14-12+/t17-,18-,19+/m0/s1. The van der Waals surface area contributed by atoms with Crippen molar-refractivity contribution in [1.29, 1.82) is 0 Å². The summed E-state index contributed by atoms with van der Waals surface area (Å²) in [5.41, 5.74) is 0. The molecule has 5 nitrogen and oxygen atoms in total. The molecule has 0 aromatic heterocycles. The molecule has 1 rings (SSSR count). The van der Waals surface area contributed by atoms with E-state index in [0.717, 1.165) is 12.8 Å². The summed E-state index contributed by atoms with van der Waals surface area (Å²) in [6, 6.07) is -0.0422. The summed E-state index contributed by atoms with van der Waals surface area (Å²) in [6.45, 7) is 4.29. The van der Waals surface area contributed by atoms with Crippen molar-refractivity contribution in [2.75, 3.05) is 6.54 Å². The zero-order valence-corrected chi connectivity index (χ0v) is 15.7. The van der Waals surface area contributed by atoms with Gasteiger partial charge < -0.3 is 15.1 Å². The third-order valence-electron chi connectivity index (χ3n) is 4.28. The van der Waals surface area contributed by atoms with Crippen molar-refractivity contribution < 1.29 is 19.8 Å². The van der Waals surface area contributed by atoms with Crippen molar-refractivity contribution in [1.82, 2.24) is 4.90 Å². The van der Waals surface area contributed by atoms with E-state index in [2.05, 4.69) is 23.7 Å². The van der Waals surface area contributed by atoms with Gasteiger partial charge in [-0.3, -0.25) is 9.59 Å². The molecule has 1 amide bonds. The summed E-state index contributed by atoms with van der Waals surface area (Å²) in [5, 5.41) is 18.8. The molecule has 0 aliphatic carbocycles. The largest absolute Gasteiger partial charge is 0.481 e. The number of hydrogen-bond donors (Lipinski definition) is 2. The fourth-order valence-corrected chi connectivity index (χ4v) is 2.63. The molecular formula is C21H29NO4. The van der Waals surface area contributed by atoms with Gasteiger partial charge in [0.2, 0.25) is 5.91 Å². The number of unbranched alkanes of at least 4 members (excludes halogenated alkanes) is 1. The molecule has 0 bridgehead atoms. The van der Waals surface area contributed by atoms with Crippen LogP contribution in [0.5, 0.6) is 0 Å². The van der Waals surface area contributed by atoms with Crippen molar-refractivity contribution in [3.05, 3.63) is 12.2 Å². The van der Waals surface area contributed by atoms with Gasteiger partial charge in [0.1, 0.15) is 0 Å². The third kappa shape index (κ3) is 8.23. The quantitative estimate of drug-likeness (QED) is 0.397. The number of rotatable bonds is 8. The van der Waals surface area contributed by atoms with Crippen LogP contribution < -0.4 is 0 Å². The molecule has 0 aromatic carbocycles. The molecule has 26 heavy (non-hydrogen) atoms. The van der Waals surface area contributed by atoms with Gasteiger partial charge in [-0.2, -0.15) is 0 Å². The first-order chi connectivity index (χ1) is 12.5. The predicted molar refractivity (Wildman–Crippen MR) is 101 cm³/mol. The summed E-state index contributed by atoms with van der Waals surface area (Å²) in [7, 11) is 0. The Morgan fingerprint density at radius 3 is 2.81 bits per heavy atom. The Balaban J connectivity index is 2.50. The Hall–Kier alpha value is -2.24. The van der Waals surface area contributed by atoms with Crippen LogP contribution in [0.25, 0.3) is 0 Å². The smallest absolute Gasteiger partial charge is 0.303 e. The predicted octanol–water partition coefficient (Wildman–Crippen LogP) is 2.59. The van der Waals surface area contributed by atoms with E-state index in [1.54, 1.807) is 11.0 Å². The zero-order chi connectivity index (χ0) is 19.4. The molecule has 0 aromatic rings. The van der Waals surface area contributed by atoms with E-state index < -0.39 is 12.1 Å². The Morgan fingerprint density at radius 1 is 1.35 bits per heavy atom. The lowest BCUT2D eigenvalue weighted by atomic mass is 10.00. The lowest BCUT2D eigenvalue weighted by molar-refractivity contribution is -0.137. The number of likely N-dealkylation sites (tertiary alicyclic amines) is 1. The number of carboxylic acid groups (broad SMARTS) is 1. The third-order valence-corrected chi connectivity index (χ3v) is 4.28. The number of carboxylic acids is 1. The van der Waals surface area contributed by atoms with Crippen molar-refractivity contribution in [2.24, 2.45) is 5.92 Å². The summed E-state index contributed by atoms with van der Waals surface area (Å²) >= 11 is 0. The van der Waals surface area contributed by atoms with E-state index in [9.17, 15) is 14.7 Å². The van der Waals surface area contributed by atoms with Gasteiger partial charge in [0.15, 0.2) is 0 Å². The minimum Gasteiger partial charge on any atom is -0.481 e. The van der Waals surface area contributed by atoms with Gasteiger partial charge in [-0.05, 0) is 18.8 Å². The topological polar surface area (TPSA) is 77.8 Å². The lowest BCUT2D eigenvalue weighted by Crippen LogP contribution is -2.32. The molecule has 142 valence electrons. The highest BCUT2D eigenvalue weighted by Gasteiger charge is 2.28. The second-order valence-electron chi connectivity index (χ2n) is 6.49. The van der Waals surface area contributed by atoms with E-state index in [0.29, 0.717) is 32.2 Å². The number of aliphatic carboxylic acids is 1. The Labute approximate surface area is 156 Å². The van der Waals surface area contributed by atoms with Crippen molar-refractivity contribution in [2.45, 2.75) is 70.9 Å². The van der Waals surface area contributed by atoms with Crippen LogP contribution in [0.4, 0.5) is 0 Å². The molecule has 1 aliphatic rings. The number of aliphatic hydroxyl groups is 1. The van der Waals surface area contributed by atoms with Gasteiger partial charge in [0.25, 0.3) is 0 Å². The molecule has 0 spiro atoms. The van der Waals surface area contributed by atoms with Crippen molar-refractivity contribution in [3.63, 3.8) is 0 Å². The first kappa shape index (κ1) is 21.8. The number of carbonyl (C=O) groups is 2. The first-order valence-electron chi connectivity index (χ1n) is 9.24. The second kappa shape index (κ2) is 12.2. The number of nitrogens with zero attached hydrogens (tertiary/aromatic N) is 1. The monoisotopic (exact) mass is 359 g/mol. The van der Waals surface area contributed by atoms with Gasteiger partial charge in [0, 0.05) is 32.1 Å². The normalized spacial score (nSPS) is 18.8. The second-order valence-corrected chi connectivity index (χ2v) is 6.49. The van der Waals surface area contributed by atoms with Crippen LogP contribution in [-0.4, -0.2) is 45.7 Å². The maximum Gasteiger partial charge on any atom is 0.303 e. The molecule has 1 fully saturated rings. The van der Waals surface area contributed by atoms with E-state index in [4.69, 9.17) is 5.11 Å².